The molecule has 0 spiro atoms. The van der Waals surface area contributed by atoms with Crippen molar-refractivity contribution in [2.75, 3.05) is 12.4 Å². The van der Waals surface area contributed by atoms with Gasteiger partial charge in [0.15, 0.2) is 5.78 Å². The van der Waals surface area contributed by atoms with Crippen molar-refractivity contribution in [2.24, 2.45) is 0 Å². The molecule has 0 radical (unpaired) electrons. The predicted octanol–water partition coefficient (Wildman–Crippen LogP) is 3.16. The van der Waals surface area contributed by atoms with E-state index in [0.29, 0.717) is 46.2 Å². The molecule has 0 aliphatic carbocycles. The first-order chi connectivity index (χ1) is 16.4. The maximum Gasteiger partial charge on any atom is 1.00 e. The molecule has 0 aromatic heterocycles. The fraction of sp³-hybridized carbons (Fsp3) is 0.231. The number of hydrogen-bond acceptors (Lipinski definition) is 6. The Morgan fingerprint density at radius 2 is 1.77 bits per heavy atom. The Morgan fingerprint density at radius 1 is 1.06 bits per heavy atom. The summed E-state index contributed by atoms with van der Waals surface area (Å²) in [4.78, 5) is 25.0. The van der Waals surface area contributed by atoms with Crippen LogP contribution in [0.1, 0.15) is 41.1 Å². The fourth-order valence-corrected chi connectivity index (χ4v) is 4.84. The summed E-state index contributed by atoms with van der Waals surface area (Å²) in [5.41, 5.74) is 1.10. The van der Waals surface area contributed by atoms with Crippen LogP contribution in [0.15, 0.2) is 65.6 Å². The molecule has 3 aromatic carbocycles. The molecular formula is C26H21Cl2NaO5S. The number of hydrogen-bond donors (Lipinski definition) is 0. The van der Waals surface area contributed by atoms with Gasteiger partial charge < -0.3 is 19.4 Å². The summed E-state index contributed by atoms with van der Waals surface area (Å²) < 4.78 is 11.4. The zero-order valence-corrected chi connectivity index (χ0v) is 23.4. The minimum absolute atomic E-state index is 0. The van der Waals surface area contributed by atoms with Gasteiger partial charge in [-0.25, -0.2) is 0 Å². The van der Waals surface area contributed by atoms with E-state index in [4.69, 9.17) is 32.7 Å². The van der Waals surface area contributed by atoms with Gasteiger partial charge in [-0.2, -0.15) is 0 Å². The number of Topliss-reactive ketones (excluding diaryl/α,β-unsaturated/α-hetero) is 1. The van der Waals surface area contributed by atoms with E-state index in [9.17, 15) is 14.7 Å². The van der Waals surface area contributed by atoms with Crippen molar-refractivity contribution >= 4 is 46.7 Å². The van der Waals surface area contributed by atoms with Gasteiger partial charge in [-0.15, -0.1) is 11.8 Å². The summed E-state index contributed by atoms with van der Waals surface area (Å²) in [5, 5.41) is 12.4. The van der Waals surface area contributed by atoms with Crippen LogP contribution < -0.4 is 44.1 Å². The van der Waals surface area contributed by atoms with Gasteiger partial charge in [0, 0.05) is 45.4 Å². The van der Waals surface area contributed by atoms with Crippen LogP contribution in [0.25, 0.3) is 0 Å². The molecule has 0 fully saturated rings. The minimum atomic E-state index is -1.15. The maximum absolute atomic E-state index is 12.5. The molecule has 1 unspecified atom stereocenters. The first-order valence-corrected chi connectivity index (χ1v) is 12.5. The topological polar surface area (TPSA) is 75.7 Å². The molecule has 4 rings (SSSR count). The average Bonchev–Trinajstić information content (AvgIpc) is 2.83. The normalized spacial score (nSPS) is 14.3. The molecule has 3 aromatic rings. The van der Waals surface area contributed by atoms with Gasteiger partial charge in [0.1, 0.15) is 17.2 Å². The number of ether oxygens (including phenoxy) is 2. The van der Waals surface area contributed by atoms with Crippen LogP contribution in [0.2, 0.25) is 10.0 Å². The molecular weight excluding hydrogens is 518 g/mol. The zero-order chi connectivity index (χ0) is 24.1. The molecule has 0 saturated heterocycles. The van der Waals surface area contributed by atoms with Crippen molar-refractivity contribution in [2.45, 2.75) is 30.1 Å². The monoisotopic (exact) mass is 538 g/mol. The summed E-state index contributed by atoms with van der Waals surface area (Å²) in [7, 11) is 0. The largest absolute Gasteiger partial charge is 1.00 e. The smallest absolute Gasteiger partial charge is 0.549 e. The van der Waals surface area contributed by atoms with Crippen LogP contribution >= 0.6 is 35.0 Å². The third-order valence-electron chi connectivity index (χ3n) is 5.42. The third-order valence-corrected chi connectivity index (χ3v) is 7.07. The summed E-state index contributed by atoms with van der Waals surface area (Å²) >= 11 is 13.9. The number of ketones is 1. The number of fused-ring (bicyclic) bond motifs is 1. The molecule has 35 heavy (non-hydrogen) atoms. The molecule has 1 heterocycles. The molecule has 176 valence electrons. The van der Waals surface area contributed by atoms with E-state index in [-0.39, 0.29) is 47.0 Å². The van der Waals surface area contributed by atoms with Crippen LogP contribution in [0.3, 0.4) is 0 Å². The van der Waals surface area contributed by atoms with Gasteiger partial charge in [-0.05, 0) is 73.2 Å². The third kappa shape index (κ3) is 7.42. The molecule has 0 bridgehead atoms. The van der Waals surface area contributed by atoms with Crippen molar-refractivity contribution in [3.63, 3.8) is 0 Å². The van der Waals surface area contributed by atoms with Crippen molar-refractivity contribution in [1.82, 2.24) is 0 Å². The Labute approximate surface area is 240 Å². The standard InChI is InChI=1S/C26H22Cl2O5S.Na/c27-17-5-9-19(10-6-17)34-13-1-2-23(29)16-3-7-18(8-4-16)33-25-15-24-21(14-22(25)28)20(26(30)31)11-12-32-24;/h3-10,14-15,20H,1-2,11-13H2,(H,30,31);/q;+1/p-1. The van der Waals surface area contributed by atoms with E-state index in [1.165, 1.54) is 0 Å². The molecule has 1 aliphatic rings. The van der Waals surface area contributed by atoms with E-state index in [1.807, 2.05) is 24.3 Å². The molecule has 0 N–H and O–H groups in total. The number of aliphatic carboxylic acids is 1. The Balaban J connectivity index is 0.00000342. The molecule has 9 heteroatoms. The first kappa shape index (κ1) is 27.9. The van der Waals surface area contributed by atoms with Gasteiger partial charge in [0.2, 0.25) is 0 Å². The van der Waals surface area contributed by atoms with Crippen molar-refractivity contribution in [1.29, 1.82) is 0 Å². The average molecular weight is 539 g/mol. The second-order valence-electron chi connectivity index (χ2n) is 7.78. The summed E-state index contributed by atoms with van der Waals surface area (Å²) in [5.74, 6) is 0.261. The van der Waals surface area contributed by atoms with Gasteiger partial charge in [-0.1, -0.05) is 23.2 Å². The van der Waals surface area contributed by atoms with E-state index in [1.54, 1.807) is 48.2 Å². The van der Waals surface area contributed by atoms with Crippen molar-refractivity contribution in [3.05, 3.63) is 81.8 Å². The molecule has 1 atom stereocenters. The number of halogens is 2. The minimum Gasteiger partial charge on any atom is -0.549 e. The van der Waals surface area contributed by atoms with Crippen LogP contribution in [0.4, 0.5) is 0 Å². The Morgan fingerprint density at radius 3 is 2.46 bits per heavy atom. The van der Waals surface area contributed by atoms with E-state index < -0.39 is 11.9 Å². The van der Waals surface area contributed by atoms with Gasteiger partial charge in [-0.3, -0.25) is 4.79 Å². The van der Waals surface area contributed by atoms with Crippen LogP contribution in [0, 0.1) is 0 Å². The number of benzene rings is 3. The SMILES string of the molecule is O=C(CCCSc1ccc(Cl)cc1)c1ccc(Oc2cc3c(cc2Cl)C(C(=O)[O-])CCO3)cc1.[Na+]. The molecule has 1 aliphatic heterocycles. The zero-order valence-electron chi connectivity index (χ0n) is 19.1. The number of rotatable bonds is 9. The van der Waals surface area contributed by atoms with Crippen molar-refractivity contribution in [3.8, 4) is 17.2 Å². The number of carboxylic acid groups (broad SMARTS) is 1. The number of carboxylic acids is 1. The van der Waals surface area contributed by atoms with Crippen molar-refractivity contribution < 1.29 is 53.7 Å². The van der Waals surface area contributed by atoms with E-state index in [0.717, 1.165) is 17.1 Å². The fourth-order valence-electron chi connectivity index (χ4n) is 3.65. The number of carbonyl (C=O) groups is 2. The van der Waals surface area contributed by atoms with Crippen LogP contribution in [-0.2, 0) is 4.79 Å². The van der Waals surface area contributed by atoms with Crippen LogP contribution in [-0.4, -0.2) is 24.1 Å². The first-order valence-electron chi connectivity index (χ1n) is 10.8. The quantitative estimate of drug-likeness (QED) is 0.180. The molecule has 0 saturated carbocycles. The van der Waals surface area contributed by atoms with Gasteiger partial charge in [0.25, 0.3) is 0 Å². The second kappa shape index (κ2) is 13.0. The summed E-state index contributed by atoms with van der Waals surface area (Å²) in [6, 6.07) is 17.6. The Hall–Kier alpha value is -1.67. The Bertz CT molecular complexity index is 1190. The molecule has 5 nitrogen and oxygen atoms in total. The van der Waals surface area contributed by atoms with Gasteiger partial charge in [0.05, 0.1) is 11.6 Å². The van der Waals surface area contributed by atoms with Crippen LogP contribution in [0.5, 0.6) is 17.2 Å². The van der Waals surface area contributed by atoms with Gasteiger partial charge >= 0.3 is 29.6 Å². The Kier molecular flexibility index (Phi) is 10.4. The maximum atomic E-state index is 12.5. The number of thioether (sulfide) groups is 1. The number of carbonyl (C=O) groups excluding carboxylic acids is 2. The predicted molar refractivity (Wildman–Crippen MR) is 132 cm³/mol. The summed E-state index contributed by atoms with van der Waals surface area (Å²) in [6.45, 7) is 0.279. The molecule has 0 amide bonds. The van der Waals surface area contributed by atoms with E-state index >= 15 is 0 Å². The second-order valence-corrected chi connectivity index (χ2v) is 9.80. The van der Waals surface area contributed by atoms with E-state index in [2.05, 4.69) is 0 Å². The summed E-state index contributed by atoms with van der Waals surface area (Å²) in [6.07, 6.45) is 1.55.